The molecule has 0 spiro atoms. The van der Waals surface area contributed by atoms with E-state index in [1.807, 2.05) is 30.3 Å². The Labute approximate surface area is 187 Å². The number of aliphatic carboxylic acids is 1. The Morgan fingerprint density at radius 3 is 2.64 bits per heavy atom. The minimum atomic E-state index is -1.40. The van der Waals surface area contributed by atoms with Crippen LogP contribution in [0.1, 0.15) is 13.3 Å². The van der Waals surface area contributed by atoms with Gasteiger partial charge in [0.2, 0.25) is 5.91 Å². The molecular formula is C18H17N4NaO4S. The number of fused-ring (bicyclic) bond motifs is 1. The number of rotatable bonds is 5. The first-order chi connectivity index (χ1) is 12.9. The van der Waals surface area contributed by atoms with Crippen molar-refractivity contribution in [2.45, 2.75) is 30.6 Å². The normalized spacial score (nSPS) is 21.8. The quantitative estimate of drug-likeness (QED) is 0.419. The molecule has 2 aromatic rings. The fraction of sp³-hybridized carbons (Fsp3) is 0.333. The van der Waals surface area contributed by atoms with Crippen LogP contribution in [-0.2, 0) is 16.6 Å². The molecule has 10 heteroatoms. The third kappa shape index (κ3) is 3.42. The summed E-state index contributed by atoms with van der Waals surface area (Å²) in [5.74, 6) is -1.83. The zero-order valence-electron chi connectivity index (χ0n) is 15.7. The predicted octanol–water partition coefficient (Wildman–Crippen LogP) is -2.85. The van der Waals surface area contributed by atoms with Gasteiger partial charge in [0.05, 0.1) is 29.7 Å². The van der Waals surface area contributed by atoms with E-state index in [2.05, 4.69) is 10.1 Å². The van der Waals surface area contributed by atoms with Crippen molar-refractivity contribution in [3.63, 3.8) is 0 Å². The van der Waals surface area contributed by atoms with E-state index in [0.29, 0.717) is 22.3 Å². The first-order valence-electron chi connectivity index (χ1n) is 8.48. The number of amides is 1. The number of aromatic nitrogens is 3. The molecule has 8 nitrogen and oxygen atoms in total. The molecular weight excluding hydrogens is 391 g/mol. The maximum atomic E-state index is 12.3. The van der Waals surface area contributed by atoms with Crippen molar-refractivity contribution >= 4 is 23.6 Å². The van der Waals surface area contributed by atoms with Gasteiger partial charge in [-0.2, -0.15) is 5.10 Å². The SMILES string of the molecule is CC(O)[C@H]1C(=O)N2C(C(=O)[O-])=C(Sc3nc(-c4ccccc4)nn3C)CC12.[Na+]. The molecule has 0 aliphatic carbocycles. The minimum absolute atomic E-state index is 0. The standard InChI is InChI=1S/C18H18N4O4S.Na/c1-9(23)13-11-8-12(14(17(25)26)22(11)16(13)24)27-18-19-15(20-21(18)2)10-6-4-3-5-7-10;/h3-7,9,11,13,23H,8H2,1-2H3,(H,25,26);/q;+1/p-1/t9?,11?,13-;/m1./s1. The van der Waals surface area contributed by atoms with Crippen LogP contribution in [0.5, 0.6) is 0 Å². The number of aliphatic hydroxyl groups excluding tert-OH is 1. The van der Waals surface area contributed by atoms with Crippen LogP contribution in [0.3, 0.4) is 0 Å². The summed E-state index contributed by atoms with van der Waals surface area (Å²) in [5.41, 5.74) is 0.727. The molecule has 0 bridgehead atoms. The Kier molecular flexibility index (Phi) is 6.02. The molecule has 1 aromatic carbocycles. The number of carbonyl (C=O) groups is 2. The van der Waals surface area contributed by atoms with Gasteiger partial charge in [-0.25, -0.2) is 9.67 Å². The topological polar surface area (TPSA) is 111 Å². The number of aryl methyl sites for hydroxylation is 1. The Hall–Kier alpha value is -1.65. The van der Waals surface area contributed by atoms with Crippen molar-refractivity contribution in [3.8, 4) is 11.4 Å². The van der Waals surface area contributed by atoms with Crippen LogP contribution in [0.25, 0.3) is 11.4 Å². The van der Waals surface area contributed by atoms with E-state index >= 15 is 0 Å². The van der Waals surface area contributed by atoms with Gasteiger partial charge in [0.15, 0.2) is 11.0 Å². The molecule has 4 rings (SSSR count). The summed E-state index contributed by atoms with van der Waals surface area (Å²) in [6, 6.07) is 9.11. The van der Waals surface area contributed by atoms with Crippen molar-refractivity contribution < 1.29 is 49.4 Å². The van der Waals surface area contributed by atoms with Crippen molar-refractivity contribution in [3.05, 3.63) is 40.9 Å². The maximum absolute atomic E-state index is 12.3. The van der Waals surface area contributed by atoms with Gasteiger partial charge in [0.1, 0.15) is 0 Å². The second-order valence-corrected chi connectivity index (χ2v) is 7.68. The van der Waals surface area contributed by atoms with E-state index in [0.717, 1.165) is 5.56 Å². The summed E-state index contributed by atoms with van der Waals surface area (Å²) >= 11 is 1.17. The first kappa shape index (κ1) is 21.1. The summed E-state index contributed by atoms with van der Waals surface area (Å²) < 4.78 is 1.58. The van der Waals surface area contributed by atoms with E-state index in [9.17, 15) is 19.8 Å². The number of carboxylic acids is 1. The molecule has 2 aliphatic heterocycles. The van der Waals surface area contributed by atoms with Crippen LogP contribution >= 0.6 is 11.8 Å². The molecule has 3 atom stereocenters. The molecule has 2 aliphatic rings. The molecule has 1 aromatic heterocycles. The van der Waals surface area contributed by atoms with E-state index in [4.69, 9.17) is 0 Å². The minimum Gasteiger partial charge on any atom is -0.543 e. The van der Waals surface area contributed by atoms with E-state index in [1.54, 1.807) is 18.7 Å². The Bertz CT molecular complexity index is 960. The van der Waals surface area contributed by atoms with Crippen LogP contribution < -0.4 is 34.7 Å². The summed E-state index contributed by atoms with van der Waals surface area (Å²) in [6.07, 6.45) is -0.478. The summed E-state index contributed by atoms with van der Waals surface area (Å²) in [5, 5.41) is 26.3. The summed E-state index contributed by atoms with van der Waals surface area (Å²) in [4.78, 5) is 30.1. The molecule has 1 amide bonds. The maximum Gasteiger partial charge on any atom is 1.00 e. The molecule has 28 heavy (non-hydrogen) atoms. The number of benzene rings is 1. The molecule has 2 unspecified atom stereocenters. The van der Waals surface area contributed by atoms with Crippen LogP contribution in [0.4, 0.5) is 0 Å². The average Bonchev–Trinajstić information content (AvgIpc) is 3.14. The van der Waals surface area contributed by atoms with E-state index in [-0.39, 0.29) is 47.2 Å². The average molecular weight is 408 g/mol. The molecule has 1 N–H and O–H groups in total. The third-order valence-electron chi connectivity index (χ3n) is 4.85. The number of nitrogens with zero attached hydrogens (tertiary/aromatic N) is 4. The number of carboxylic acid groups (broad SMARTS) is 1. The Balaban J connectivity index is 0.00000225. The van der Waals surface area contributed by atoms with Crippen LogP contribution in [0.15, 0.2) is 46.1 Å². The van der Waals surface area contributed by atoms with Crippen LogP contribution in [0.2, 0.25) is 0 Å². The largest absolute Gasteiger partial charge is 1.00 e. The number of aliphatic hydroxyl groups is 1. The molecule has 3 heterocycles. The van der Waals surface area contributed by atoms with Gasteiger partial charge in [-0.05, 0) is 6.92 Å². The molecule has 0 radical (unpaired) electrons. The van der Waals surface area contributed by atoms with Gasteiger partial charge in [-0.3, -0.25) is 4.79 Å². The van der Waals surface area contributed by atoms with Gasteiger partial charge >= 0.3 is 29.6 Å². The number of carbonyl (C=O) groups excluding carboxylic acids is 2. The molecule has 1 fully saturated rings. The Morgan fingerprint density at radius 1 is 1.36 bits per heavy atom. The van der Waals surface area contributed by atoms with Crippen LogP contribution in [0, 0.1) is 5.92 Å². The van der Waals surface area contributed by atoms with Crippen molar-refractivity contribution in [1.82, 2.24) is 19.7 Å². The van der Waals surface area contributed by atoms with Gasteiger partial charge in [-0.15, -0.1) is 0 Å². The van der Waals surface area contributed by atoms with Crippen molar-refractivity contribution in [2.24, 2.45) is 13.0 Å². The first-order valence-corrected chi connectivity index (χ1v) is 9.30. The second kappa shape index (κ2) is 8.00. The third-order valence-corrected chi connectivity index (χ3v) is 6.00. The molecule has 0 saturated carbocycles. The van der Waals surface area contributed by atoms with E-state index < -0.39 is 18.0 Å². The number of thioether (sulfide) groups is 1. The van der Waals surface area contributed by atoms with Crippen molar-refractivity contribution in [2.75, 3.05) is 0 Å². The van der Waals surface area contributed by atoms with Gasteiger partial charge in [0.25, 0.3) is 0 Å². The fourth-order valence-corrected chi connectivity index (χ4v) is 4.65. The van der Waals surface area contributed by atoms with Gasteiger partial charge in [0, 0.05) is 23.9 Å². The summed E-state index contributed by atoms with van der Waals surface area (Å²) in [6.45, 7) is 1.54. The Morgan fingerprint density at radius 2 is 2.04 bits per heavy atom. The van der Waals surface area contributed by atoms with Crippen molar-refractivity contribution in [1.29, 1.82) is 0 Å². The number of hydrogen-bond donors (Lipinski definition) is 1. The number of β-lactam (4-membered cyclic amide) rings is 1. The van der Waals surface area contributed by atoms with Crippen LogP contribution in [-0.4, -0.2) is 48.8 Å². The van der Waals surface area contributed by atoms with Gasteiger partial charge < -0.3 is 19.9 Å². The zero-order chi connectivity index (χ0) is 19.3. The monoisotopic (exact) mass is 408 g/mol. The summed E-state index contributed by atoms with van der Waals surface area (Å²) in [7, 11) is 1.73. The predicted molar refractivity (Wildman–Crippen MR) is 94.8 cm³/mol. The molecule has 140 valence electrons. The number of hydrogen-bond acceptors (Lipinski definition) is 7. The second-order valence-electron chi connectivity index (χ2n) is 6.62. The van der Waals surface area contributed by atoms with Gasteiger partial charge in [-0.1, -0.05) is 42.1 Å². The molecule has 1 saturated heterocycles. The zero-order valence-corrected chi connectivity index (χ0v) is 18.5. The smallest absolute Gasteiger partial charge is 0.543 e. The van der Waals surface area contributed by atoms with E-state index in [1.165, 1.54) is 16.7 Å². The fourth-order valence-electron chi connectivity index (χ4n) is 3.59.